The van der Waals surface area contributed by atoms with Gasteiger partial charge in [0.05, 0.1) is 10.7 Å². The molecule has 0 radical (unpaired) electrons. The molecular weight excluding hydrogens is 198 g/mol. The second kappa shape index (κ2) is 4.34. The molecular formula is C13H17N3. The number of fused-ring (bicyclic) bond motifs is 1. The molecule has 0 unspecified atom stereocenters. The zero-order valence-electron chi connectivity index (χ0n) is 9.47. The van der Waals surface area contributed by atoms with Crippen molar-refractivity contribution in [1.29, 1.82) is 0 Å². The molecule has 16 heavy (non-hydrogen) atoms. The number of rotatable bonds is 2. The van der Waals surface area contributed by atoms with E-state index in [0.717, 1.165) is 17.3 Å². The van der Waals surface area contributed by atoms with Crippen LogP contribution in [0.4, 0.5) is 0 Å². The molecule has 2 heterocycles. The Morgan fingerprint density at radius 2 is 1.62 bits per heavy atom. The average Bonchev–Trinajstić information content (AvgIpc) is 2.72. The molecule has 0 bridgehead atoms. The Labute approximate surface area is 95.5 Å². The maximum Gasteiger partial charge on any atom is 0.153 e. The van der Waals surface area contributed by atoms with Crippen molar-refractivity contribution in [3.8, 4) is 0 Å². The van der Waals surface area contributed by atoms with E-state index in [-0.39, 0.29) is 6.17 Å². The fourth-order valence-corrected chi connectivity index (χ4v) is 2.49. The summed E-state index contributed by atoms with van der Waals surface area (Å²) in [6, 6.07) is 8.16. The first kappa shape index (κ1) is 9.97. The van der Waals surface area contributed by atoms with E-state index in [9.17, 15) is 0 Å². The van der Waals surface area contributed by atoms with E-state index in [2.05, 4.69) is 27.0 Å². The van der Waals surface area contributed by atoms with Gasteiger partial charge in [0, 0.05) is 6.54 Å². The van der Waals surface area contributed by atoms with Crippen molar-refractivity contribution in [2.24, 2.45) is 9.98 Å². The van der Waals surface area contributed by atoms with Gasteiger partial charge in [0.1, 0.15) is 0 Å². The van der Waals surface area contributed by atoms with Crippen LogP contribution < -0.4 is 10.7 Å². The summed E-state index contributed by atoms with van der Waals surface area (Å²) >= 11 is 0. The van der Waals surface area contributed by atoms with Crippen LogP contribution in [0.1, 0.15) is 19.3 Å². The van der Waals surface area contributed by atoms with Gasteiger partial charge in [-0.05, 0) is 38.1 Å². The zero-order chi connectivity index (χ0) is 10.8. The van der Waals surface area contributed by atoms with E-state index in [0.29, 0.717) is 0 Å². The lowest BCUT2D eigenvalue weighted by molar-refractivity contribution is 0.217. The molecule has 3 rings (SSSR count). The largest absolute Gasteiger partial charge is 0.299 e. The van der Waals surface area contributed by atoms with Crippen molar-refractivity contribution >= 4 is 0 Å². The molecule has 0 amide bonds. The minimum Gasteiger partial charge on any atom is -0.299 e. The predicted molar refractivity (Wildman–Crippen MR) is 62.8 cm³/mol. The molecule has 3 nitrogen and oxygen atoms in total. The summed E-state index contributed by atoms with van der Waals surface area (Å²) in [6.07, 6.45) is 4.19. The number of para-hydroxylation sites is 2. The number of likely N-dealkylation sites (tertiary alicyclic amines) is 1. The summed E-state index contributed by atoms with van der Waals surface area (Å²) < 4.78 is 0. The normalized spacial score (nSPS) is 21.2. The molecule has 1 saturated heterocycles. The minimum absolute atomic E-state index is 0.135. The Morgan fingerprint density at radius 1 is 1.00 bits per heavy atom. The van der Waals surface area contributed by atoms with Crippen LogP contribution in [0.15, 0.2) is 34.3 Å². The monoisotopic (exact) mass is 215 g/mol. The van der Waals surface area contributed by atoms with Crippen molar-refractivity contribution < 1.29 is 0 Å². The molecule has 2 aliphatic rings. The Balaban J connectivity index is 1.72. The minimum atomic E-state index is 0.135. The summed E-state index contributed by atoms with van der Waals surface area (Å²) in [5.74, 6) is 0. The Kier molecular flexibility index (Phi) is 2.70. The quantitative estimate of drug-likeness (QED) is 0.715. The van der Waals surface area contributed by atoms with Gasteiger partial charge < -0.3 is 0 Å². The van der Waals surface area contributed by atoms with Crippen LogP contribution >= 0.6 is 0 Å². The van der Waals surface area contributed by atoms with Gasteiger partial charge in [0.25, 0.3) is 0 Å². The Hall–Kier alpha value is -1.22. The lowest BCUT2D eigenvalue weighted by atomic mass is 10.1. The zero-order valence-corrected chi connectivity index (χ0v) is 9.47. The Morgan fingerprint density at radius 3 is 2.25 bits per heavy atom. The fraction of sp³-hybridized carbons (Fsp3) is 0.538. The number of piperidine rings is 1. The van der Waals surface area contributed by atoms with E-state index in [1.165, 1.54) is 32.4 Å². The standard InChI is InChI=1S/C13H17N3/c1-4-8-16(9-5-1)10-13-14-11-6-2-3-7-12(11)15-13/h2-3,6-7,13H,1,4-5,8-10H2. The summed E-state index contributed by atoms with van der Waals surface area (Å²) in [5, 5.41) is 2.12. The van der Waals surface area contributed by atoms with Crippen molar-refractivity contribution in [2.75, 3.05) is 19.6 Å². The molecule has 0 saturated carbocycles. The smallest absolute Gasteiger partial charge is 0.153 e. The second-order valence-electron chi connectivity index (χ2n) is 4.59. The van der Waals surface area contributed by atoms with Gasteiger partial charge in [-0.2, -0.15) is 0 Å². The highest BCUT2D eigenvalue weighted by atomic mass is 15.2. The molecule has 1 aromatic carbocycles. The maximum absolute atomic E-state index is 4.64. The molecule has 0 N–H and O–H groups in total. The van der Waals surface area contributed by atoms with E-state index < -0.39 is 0 Å². The topological polar surface area (TPSA) is 28.0 Å². The first-order valence-electron chi connectivity index (χ1n) is 6.15. The first-order valence-corrected chi connectivity index (χ1v) is 6.15. The summed E-state index contributed by atoms with van der Waals surface area (Å²) in [6.45, 7) is 3.43. The average molecular weight is 215 g/mol. The van der Waals surface area contributed by atoms with Crippen LogP contribution in [0, 0.1) is 0 Å². The Bertz CT molecular complexity index is 439. The SMILES string of the molecule is c1ccc2c(c1)=NC(CN1CCCCC1)N=2. The van der Waals surface area contributed by atoms with Crippen LogP contribution in [-0.4, -0.2) is 30.7 Å². The van der Waals surface area contributed by atoms with E-state index in [1.54, 1.807) is 0 Å². The third kappa shape index (κ3) is 2.00. The van der Waals surface area contributed by atoms with Crippen LogP contribution in [0.3, 0.4) is 0 Å². The van der Waals surface area contributed by atoms with Crippen LogP contribution in [0.5, 0.6) is 0 Å². The molecule has 1 fully saturated rings. The van der Waals surface area contributed by atoms with Crippen LogP contribution in [0.25, 0.3) is 0 Å². The molecule has 0 aliphatic carbocycles. The molecule has 3 heteroatoms. The van der Waals surface area contributed by atoms with Gasteiger partial charge in [-0.15, -0.1) is 0 Å². The highest BCUT2D eigenvalue weighted by Gasteiger charge is 2.16. The third-order valence-electron chi connectivity index (χ3n) is 3.33. The number of nitrogens with zero attached hydrogens (tertiary/aromatic N) is 3. The number of hydrogen-bond donors (Lipinski definition) is 0. The van der Waals surface area contributed by atoms with Crippen LogP contribution in [-0.2, 0) is 0 Å². The van der Waals surface area contributed by atoms with Gasteiger partial charge in [-0.1, -0.05) is 18.6 Å². The summed E-state index contributed by atoms with van der Waals surface area (Å²) in [7, 11) is 0. The maximum atomic E-state index is 4.64. The van der Waals surface area contributed by atoms with Gasteiger partial charge in [0.2, 0.25) is 0 Å². The van der Waals surface area contributed by atoms with Gasteiger partial charge in [0.15, 0.2) is 6.17 Å². The lowest BCUT2D eigenvalue weighted by Crippen LogP contribution is -2.35. The van der Waals surface area contributed by atoms with Crippen molar-refractivity contribution in [1.82, 2.24) is 4.90 Å². The second-order valence-corrected chi connectivity index (χ2v) is 4.59. The summed E-state index contributed by atoms with van der Waals surface area (Å²) in [5.41, 5.74) is 0. The van der Waals surface area contributed by atoms with E-state index in [1.807, 2.05) is 12.1 Å². The highest BCUT2D eigenvalue weighted by Crippen LogP contribution is 2.10. The predicted octanol–water partition coefficient (Wildman–Crippen LogP) is 0.751. The first-order chi connectivity index (χ1) is 7.92. The summed E-state index contributed by atoms with van der Waals surface area (Å²) in [4.78, 5) is 11.8. The van der Waals surface area contributed by atoms with Crippen LogP contribution in [0.2, 0.25) is 0 Å². The molecule has 84 valence electrons. The highest BCUT2D eigenvalue weighted by molar-refractivity contribution is 5.04. The third-order valence-corrected chi connectivity index (χ3v) is 3.33. The molecule has 2 aliphatic heterocycles. The van der Waals surface area contributed by atoms with E-state index >= 15 is 0 Å². The lowest BCUT2D eigenvalue weighted by Gasteiger charge is -2.27. The van der Waals surface area contributed by atoms with Crippen molar-refractivity contribution in [3.63, 3.8) is 0 Å². The molecule has 0 aromatic heterocycles. The fourth-order valence-electron chi connectivity index (χ4n) is 2.49. The molecule has 0 spiro atoms. The van der Waals surface area contributed by atoms with Crippen molar-refractivity contribution in [2.45, 2.75) is 25.4 Å². The van der Waals surface area contributed by atoms with Crippen molar-refractivity contribution in [3.05, 3.63) is 35.0 Å². The van der Waals surface area contributed by atoms with Gasteiger partial charge in [-0.3, -0.25) is 14.9 Å². The van der Waals surface area contributed by atoms with Gasteiger partial charge in [-0.25, -0.2) is 0 Å². The molecule has 0 atom stereocenters. The molecule has 1 aromatic rings. The van der Waals surface area contributed by atoms with Gasteiger partial charge >= 0.3 is 0 Å². The number of benzene rings is 1. The number of hydrogen-bond acceptors (Lipinski definition) is 3. The van der Waals surface area contributed by atoms with E-state index in [4.69, 9.17) is 0 Å².